The van der Waals surface area contributed by atoms with Crippen molar-refractivity contribution < 1.29 is 62.6 Å². The van der Waals surface area contributed by atoms with Crippen molar-refractivity contribution in [1.29, 1.82) is 0 Å². The molecule has 446 valence electrons. The summed E-state index contributed by atoms with van der Waals surface area (Å²) in [5.41, 5.74) is 2.54. The Bertz CT molecular complexity index is 3550. The third-order valence-corrected chi connectivity index (χ3v) is 17.6. The Hall–Kier alpha value is -8.55. The van der Waals surface area contributed by atoms with Crippen LogP contribution in [-0.2, 0) is 38.4 Å². The number of rotatable bonds is 23. The highest BCUT2D eigenvalue weighted by molar-refractivity contribution is 6.23. The van der Waals surface area contributed by atoms with E-state index in [4.69, 9.17) is 14.2 Å². The predicted molar refractivity (Wildman–Crippen MR) is 313 cm³/mol. The molecular weight excluding hydrogens is 1090 g/mol. The maximum Gasteiger partial charge on any atom is 0.333 e. The molecule has 2 bridgehead atoms. The summed E-state index contributed by atoms with van der Waals surface area (Å²) >= 11 is 0. The topological polar surface area (TPSA) is 268 Å². The first-order valence-corrected chi connectivity index (χ1v) is 29.5. The number of aliphatic hydroxyl groups is 1. The van der Waals surface area contributed by atoms with Gasteiger partial charge in [-0.15, -0.1) is 5.06 Å². The number of fused-ring (bicyclic) bond motifs is 2. The Balaban J connectivity index is 0.858. The monoisotopic (exact) mass is 1160 g/mol. The van der Waals surface area contributed by atoms with Crippen molar-refractivity contribution in [3.63, 3.8) is 0 Å². The number of carboxylic acid groups (broad SMARTS) is 1. The number of carboxylic acids is 1. The van der Waals surface area contributed by atoms with E-state index in [9.17, 15) is 53.4 Å². The Labute approximate surface area is 492 Å². The average Bonchev–Trinajstić information content (AvgIpc) is 1.77. The molecule has 0 radical (unpaired) electrons. The highest BCUT2D eigenvalue weighted by atomic mass is 16.7. The Morgan fingerprint density at radius 2 is 1.46 bits per heavy atom. The van der Waals surface area contributed by atoms with Crippen molar-refractivity contribution in [3.8, 4) is 22.5 Å². The van der Waals surface area contributed by atoms with E-state index in [0.717, 1.165) is 11.0 Å². The molecule has 2 saturated heterocycles. The van der Waals surface area contributed by atoms with Crippen molar-refractivity contribution in [2.45, 2.75) is 103 Å². The van der Waals surface area contributed by atoms with Gasteiger partial charge in [-0.3, -0.25) is 43.5 Å². The van der Waals surface area contributed by atoms with E-state index in [1.807, 2.05) is 87.9 Å². The minimum Gasteiger partial charge on any atom is -0.545 e. The van der Waals surface area contributed by atoms with Crippen LogP contribution in [0.15, 0.2) is 99.6 Å². The zero-order valence-corrected chi connectivity index (χ0v) is 48.9. The summed E-state index contributed by atoms with van der Waals surface area (Å²) in [5.74, 6) is -5.10. The third-order valence-electron chi connectivity index (χ3n) is 17.6. The summed E-state index contributed by atoms with van der Waals surface area (Å²) in [6, 6.07) is 14.5. The quantitative estimate of drug-likeness (QED) is 0.0196. The van der Waals surface area contributed by atoms with Crippen LogP contribution in [-0.4, -0.2) is 128 Å². The first kappa shape index (κ1) is 59.6. The molecule has 1 saturated carbocycles. The zero-order chi connectivity index (χ0) is 60.6. The number of unbranched alkanes of at least 4 members (excludes halogenated alkanes) is 3. The number of aromatic carboxylic acids is 1. The van der Waals surface area contributed by atoms with Crippen LogP contribution < -0.4 is 30.6 Å². The van der Waals surface area contributed by atoms with Gasteiger partial charge < -0.3 is 39.8 Å². The highest BCUT2D eigenvalue weighted by Crippen LogP contribution is 2.58. The molecule has 3 N–H and O–H groups in total. The predicted octanol–water partition coefficient (Wildman–Crippen LogP) is 5.86. The van der Waals surface area contributed by atoms with Gasteiger partial charge in [-0.25, -0.2) is 9.37 Å². The normalized spacial score (nSPS) is 22.5. The lowest BCUT2D eigenvalue weighted by atomic mass is 9.50. The van der Waals surface area contributed by atoms with Gasteiger partial charge in [-0.2, -0.15) is 0 Å². The number of Topliss-reactive ketones (excluding diaryl/α,β-unsaturated/α-hetero) is 1. The number of carbonyl (C=O) groups excluding carboxylic acids is 9. The summed E-state index contributed by atoms with van der Waals surface area (Å²) in [7, 11) is 7.61. The molecule has 3 fully saturated rings. The number of aliphatic hydroxyl groups excluding tert-OH is 1. The molecule has 3 heterocycles. The first-order chi connectivity index (χ1) is 40.6. The Morgan fingerprint density at radius 1 is 0.788 bits per heavy atom. The Morgan fingerprint density at radius 3 is 2.11 bits per heavy atom. The molecular formula is C65H73N7O13. The smallest absolute Gasteiger partial charge is 0.333 e. The van der Waals surface area contributed by atoms with Gasteiger partial charge in [0.15, 0.2) is 5.78 Å². The van der Waals surface area contributed by atoms with Gasteiger partial charge in [-0.05, 0) is 110 Å². The van der Waals surface area contributed by atoms with Gasteiger partial charge in [0.05, 0.1) is 35.2 Å². The molecule has 7 atom stereocenters. The molecule has 9 aliphatic rings. The Kier molecular flexibility index (Phi) is 17.2. The number of carbonyl (C=O) groups is 9. The van der Waals surface area contributed by atoms with E-state index in [0.29, 0.717) is 65.0 Å². The first-order valence-electron chi connectivity index (χ1n) is 29.5. The SMILES string of the molecule is CN(C)c1ccc2c(-c3cc(C(=O)NCCCCC(N=C(CCCN4C(=O)C5C6C=CC(C7C=CC76)C5C4=O)C4=C(O)CC(C)(C)CC4=O)C(=O)NCCCCCC(=O)ON4C(=O)CCC4=O)ccc3C(=O)[O-])c3ccc(=[N+](C)C)cc-3oc2c1. The van der Waals surface area contributed by atoms with E-state index < -0.39 is 58.9 Å². The second-order valence-corrected chi connectivity index (χ2v) is 24.5. The molecule has 0 aromatic heterocycles. The van der Waals surface area contributed by atoms with Crippen LogP contribution in [0.3, 0.4) is 0 Å². The lowest BCUT2D eigenvalue weighted by Crippen LogP contribution is -2.50. The second-order valence-electron chi connectivity index (χ2n) is 24.5. The number of likely N-dealkylation sites (tertiary alicyclic amines) is 1. The molecule has 11 rings (SSSR count). The summed E-state index contributed by atoms with van der Waals surface area (Å²) in [4.78, 5) is 133. The summed E-state index contributed by atoms with van der Waals surface area (Å²) < 4.78 is 8.39. The summed E-state index contributed by atoms with van der Waals surface area (Å²) in [5, 5.41) is 32.3. The van der Waals surface area contributed by atoms with Crippen molar-refractivity contribution in [1.82, 2.24) is 25.2 Å². The fraction of sp³-hybridized carbons (Fsp3) is 0.462. The number of ketones is 1. The molecule has 0 spiro atoms. The zero-order valence-electron chi connectivity index (χ0n) is 48.9. The molecule has 2 aromatic rings. The molecule has 20 heteroatoms. The van der Waals surface area contributed by atoms with Gasteiger partial charge >= 0.3 is 5.97 Å². The lowest BCUT2D eigenvalue weighted by Gasteiger charge is -2.51. The fourth-order valence-electron chi connectivity index (χ4n) is 13.1. The van der Waals surface area contributed by atoms with Crippen LogP contribution in [0, 0.1) is 40.9 Å². The maximum atomic E-state index is 14.3. The number of hydrogen-bond donors (Lipinski definition) is 3. The minimum absolute atomic E-state index is 0.0202. The van der Waals surface area contributed by atoms with Gasteiger partial charge in [-0.1, -0.05) is 50.6 Å². The van der Waals surface area contributed by atoms with E-state index in [1.165, 1.54) is 23.1 Å². The van der Waals surface area contributed by atoms with Crippen LogP contribution in [0.25, 0.3) is 33.4 Å². The van der Waals surface area contributed by atoms with E-state index >= 15 is 0 Å². The van der Waals surface area contributed by atoms with Crippen LogP contribution in [0.5, 0.6) is 0 Å². The van der Waals surface area contributed by atoms with E-state index in [2.05, 4.69) is 34.9 Å². The standard InChI is InChI=1S/C65H73N7O13/c1-65(2)34-49(73)59(50(74)35-65)47(14-12-30-71-62(80)57-41-24-25-42(58(57)63(71)81)40-23-22-39(40)41)68-48(61(79)67-28-10-7-8-15-55(77)85-72-53(75)26-27-54(72)76)13-9-11-29-66-60(78)36-16-19-43(64(82)83)46(31-36)56-44-20-17-37(69(3)4)32-51(44)84-52-33-38(70(5)6)18-21-45(52)56/h16-25,31-33,39-42,48,57-58H,7-15,26-30,34-35H2,1-6H3,(H3-,66,67,68,73,74,78,79,82,83). The number of amides is 6. The number of aliphatic imine (C=N–C) groups is 1. The van der Waals surface area contributed by atoms with Crippen molar-refractivity contribution in [2.75, 3.05) is 52.7 Å². The van der Waals surface area contributed by atoms with Gasteiger partial charge in [0.1, 0.15) is 37.2 Å². The van der Waals surface area contributed by atoms with Gasteiger partial charge in [0, 0.05) is 111 Å². The van der Waals surface area contributed by atoms with Gasteiger partial charge in [0.25, 0.3) is 17.7 Å². The van der Waals surface area contributed by atoms with Crippen LogP contribution in [0.4, 0.5) is 5.69 Å². The molecule has 3 aliphatic heterocycles. The van der Waals surface area contributed by atoms with Crippen molar-refractivity contribution in [3.05, 3.63) is 107 Å². The molecule has 6 aliphatic carbocycles. The number of allylic oxidation sites excluding steroid dienone is 6. The van der Waals surface area contributed by atoms with Crippen LogP contribution in [0.2, 0.25) is 0 Å². The van der Waals surface area contributed by atoms with Crippen LogP contribution >= 0.6 is 0 Å². The van der Waals surface area contributed by atoms with E-state index in [-0.39, 0.29) is 146 Å². The number of hydrogen-bond acceptors (Lipinski definition) is 15. The largest absolute Gasteiger partial charge is 0.545 e. The van der Waals surface area contributed by atoms with E-state index in [1.54, 1.807) is 0 Å². The average molecular weight is 1160 g/mol. The number of imide groups is 2. The number of nitrogens with one attached hydrogen (secondary N) is 2. The number of hydroxylamine groups is 2. The summed E-state index contributed by atoms with van der Waals surface area (Å²) in [6.07, 6.45) is 11.0. The van der Waals surface area contributed by atoms with Crippen molar-refractivity contribution >= 4 is 75.5 Å². The van der Waals surface area contributed by atoms with Crippen molar-refractivity contribution in [2.24, 2.45) is 45.9 Å². The maximum absolute atomic E-state index is 14.3. The highest BCUT2D eigenvalue weighted by Gasteiger charge is 2.62. The molecule has 6 amide bonds. The third kappa shape index (κ3) is 12.2. The molecule has 20 nitrogen and oxygen atoms in total. The molecule has 7 unspecified atom stereocenters. The number of nitrogens with zero attached hydrogens (tertiary/aromatic N) is 5. The number of anilines is 1. The fourth-order valence-corrected chi connectivity index (χ4v) is 13.1. The molecule has 85 heavy (non-hydrogen) atoms. The number of benzene rings is 3. The van der Waals surface area contributed by atoms with Gasteiger partial charge in [0.2, 0.25) is 23.1 Å². The van der Waals surface area contributed by atoms with Crippen LogP contribution in [0.1, 0.15) is 118 Å². The summed E-state index contributed by atoms with van der Waals surface area (Å²) in [6.45, 7) is 4.15. The second kappa shape index (κ2) is 24.6. The molecule has 2 aromatic carbocycles. The lowest BCUT2D eigenvalue weighted by molar-refractivity contribution is -0.255. The minimum atomic E-state index is -1.43.